The topological polar surface area (TPSA) is 81.4 Å². The molecular formula is C24H23ClFN5O2S. The van der Waals surface area contributed by atoms with Gasteiger partial charge in [0.1, 0.15) is 11.6 Å². The number of halogens is 2. The second kappa shape index (κ2) is 10.4. The van der Waals surface area contributed by atoms with Crippen LogP contribution < -0.4 is 10.1 Å². The summed E-state index contributed by atoms with van der Waals surface area (Å²) in [6.07, 6.45) is 0.291. The minimum Gasteiger partial charge on any atom is -0.496 e. The summed E-state index contributed by atoms with van der Waals surface area (Å²) in [4.78, 5) is 21.3. The molecule has 0 bridgehead atoms. The fraction of sp³-hybridized carbons (Fsp3) is 0.250. The number of hydrogen-bond acceptors (Lipinski definition) is 6. The normalized spacial score (nSPS) is 11.1. The molecule has 2 aromatic carbocycles. The van der Waals surface area contributed by atoms with Crippen LogP contribution in [0, 0.1) is 19.7 Å². The maximum Gasteiger partial charge on any atom is 0.253 e. The summed E-state index contributed by atoms with van der Waals surface area (Å²) >= 11 is 7.44. The summed E-state index contributed by atoms with van der Waals surface area (Å²) in [6.45, 7) is 4.10. The predicted molar refractivity (Wildman–Crippen MR) is 130 cm³/mol. The van der Waals surface area contributed by atoms with Gasteiger partial charge in [-0.15, -0.1) is 5.10 Å². The first-order valence-electron chi connectivity index (χ1n) is 10.5. The van der Waals surface area contributed by atoms with Crippen molar-refractivity contribution in [3.8, 4) is 5.75 Å². The van der Waals surface area contributed by atoms with Crippen LogP contribution in [0.15, 0.2) is 47.6 Å². The molecule has 2 heterocycles. The predicted octanol–water partition coefficient (Wildman–Crippen LogP) is 4.54. The largest absolute Gasteiger partial charge is 0.496 e. The van der Waals surface area contributed by atoms with Crippen molar-refractivity contribution in [2.75, 3.05) is 12.9 Å². The number of rotatable bonds is 8. The average Bonchev–Trinajstić information content (AvgIpc) is 3.23. The van der Waals surface area contributed by atoms with Crippen LogP contribution in [0.1, 0.15) is 28.1 Å². The van der Waals surface area contributed by atoms with Crippen molar-refractivity contribution in [3.63, 3.8) is 0 Å². The van der Waals surface area contributed by atoms with Crippen molar-refractivity contribution >= 4 is 35.0 Å². The number of fused-ring (bicyclic) bond motifs is 1. The Morgan fingerprint density at radius 3 is 2.71 bits per heavy atom. The van der Waals surface area contributed by atoms with E-state index in [1.807, 2.05) is 38.1 Å². The highest BCUT2D eigenvalue weighted by atomic mass is 35.5. The van der Waals surface area contributed by atoms with E-state index in [4.69, 9.17) is 16.3 Å². The Bertz CT molecular complexity index is 1340. The molecule has 34 heavy (non-hydrogen) atoms. The summed E-state index contributed by atoms with van der Waals surface area (Å²) in [5.41, 5.74) is 3.66. The Hall–Kier alpha value is -3.17. The van der Waals surface area contributed by atoms with E-state index >= 15 is 0 Å². The van der Waals surface area contributed by atoms with Gasteiger partial charge >= 0.3 is 0 Å². The second-order valence-corrected chi connectivity index (χ2v) is 8.97. The van der Waals surface area contributed by atoms with Crippen LogP contribution >= 0.6 is 23.4 Å². The van der Waals surface area contributed by atoms with Gasteiger partial charge in [0.05, 0.1) is 12.9 Å². The van der Waals surface area contributed by atoms with Gasteiger partial charge in [-0.1, -0.05) is 47.6 Å². The lowest BCUT2D eigenvalue weighted by molar-refractivity contribution is -0.118. The third-order valence-corrected chi connectivity index (χ3v) is 6.64. The third kappa shape index (κ3) is 5.15. The summed E-state index contributed by atoms with van der Waals surface area (Å²) in [5.74, 6) is 0.796. The van der Waals surface area contributed by atoms with E-state index in [0.717, 1.165) is 28.3 Å². The highest BCUT2D eigenvalue weighted by molar-refractivity contribution is 7.99. The fourth-order valence-corrected chi connectivity index (χ4v) is 4.49. The number of benzene rings is 2. The number of aromatic nitrogens is 4. The van der Waals surface area contributed by atoms with Crippen LogP contribution in [-0.4, -0.2) is 38.4 Å². The lowest BCUT2D eigenvalue weighted by Crippen LogP contribution is -2.24. The molecule has 0 saturated carbocycles. The van der Waals surface area contributed by atoms with Gasteiger partial charge in [0, 0.05) is 40.5 Å². The molecule has 1 N–H and O–H groups in total. The first kappa shape index (κ1) is 24.0. The highest BCUT2D eigenvalue weighted by Gasteiger charge is 2.17. The second-order valence-electron chi connectivity index (χ2n) is 7.62. The molecule has 0 aliphatic carbocycles. The molecule has 10 heteroatoms. The fourth-order valence-electron chi connectivity index (χ4n) is 3.61. The number of nitrogens with zero attached hydrogens (tertiary/aromatic N) is 4. The van der Waals surface area contributed by atoms with Crippen LogP contribution in [0.4, 0.5) is 4.39 Å². The van der Waals surface area contributed by atoms with E-state index in [-0.39, 0.29) is 17.5 Å². The molecule has 0 radical (unpaired) electrons. The number of amides is 1. The number of para-hydroxylation sites is 1. The number of thioether (sulfide) groups is 1. The van der Waals surface area contributed by atoms with Gasteiger partial charge in [0.2, 0.25) is 11.1 Å². The molecule has 0 unspecified atom stereocenters. The molecule has 176 valence electrons. The molecule has 4 rings (SSSR count). The van der Waals surface area contributed by atoms with Crippen LogP contribution in [0.3, 0.4) is 0 Å². The van der Waals surface area contributed by atoms with Gasteiger partial charge in [-0.05, 0) is 37.6 Å². The molecule has 4 aromatic rings. The van der Waals surface area contributed by atoms with Gasteiger partial charge in [-0.2, -0.15) is 4.98 Å². The van der Waals surface area contributed by atoms with Crippen LogP contribution in [0.25, 0.3) is 5.78 Å². The standard InChI is InChI=1S/C24H23ClFN5O2S/c1-14-17(11-18-19(25)8-6-9-20(18)26)15(2)31-23(28-14)29-24(30-31)34-13-22(32)27-12-16-7-4-5-10-21(16)33-3/h4-10H,11-13H2,1-3H3,(H,27,32). The lowest BCUT2D eigenvalue weighted by atomic mass is 10.0. The van der Waals surface area contributed by atoms with E-state index in [9.17, 15) is 9.18 Å². The molecule has 7 nitrogen and oxygen atoms in total. The molecular weight excluding hydrogens is 477 g/mol. The Morgan fingerprint density at radius 2 is 1.94 bits per heavy atom. The zero-order valence-corrected chi connectivity index (χ0v) is 20.5. The highest BCUT2D eigenvalue weighted by Crippen LogP contribution is 2.26. The van der Waals surface area contributed by atoms with E-state index < -0.39 is 0 Å². The van der Waals surface area contributed by atoms with Crippen molar-refractivity contribution in [3.05, 3.63) is 81.4 Å². The molecule has 1 amide bonds. The average molecular weight is 500 g/mol. The number of aryl methyl sites for hydroxylation is 2. The van der Waals surface area contributed by atoms with Crippen molar-refractivity contribution in [1.82, 2.24) is 24.9 Å². The number of ether oxygens (including phenoxy) is 1. The van der Waals surface area contributed by atoms with E-state index in [1.165, 1.54) is 17.8 Å². The van der Waals surface area contributed by atoms with Crippen LogP contribution in [-0.2, 0) is 17.8 Å². The van der Waals surface area contributed by atoms with E-state index in [1.54, 1.807) is 23.8 Å². The Balaban J connectivity index is 1.46. The number of hydrogen-bond donors (Lipinski definition) is 1. The quantitative estimate of drug-likeness (QED) is 0.358. The van der Waals surface area contributed by atoms with E-state index in [2.05, 4.69) is 20.4 Å². The van der Waals surface area contributed by atoms with Crippen LogP contribution in [0.5, 0.6) is 5.75 Å². The molecule has 0 fully saturated rings. The number of methoxy groups -OCH3 is 1. The van der Waals surface area contributed by atoms with E-state index in [0.29, 0.717) is 34.5 Å². The minimum absolute atomic E-state index is 0.148. The monoisotopic (exact) mass is 499 g/mol. The van der Waals surface area contributed by atoms with Crippen molar-refractivity contribution < 1.29 is 13.9 Å². The van der Waals surface area contributed by atoms with Crippen molar-refractivity contribution in [1.29, 1.82) is 0 Å². The smallest absolute Gasteiger partial charge is 0.253 e. The maximum absolute atomic E-state index is 14.3. The molecule has 0 saturated heterocycles. The Morgan fingerprint density at radius 1 is 1.15 bits per heavy atom. The first-order chi connectivity index (χ1) is 16.4. The SMILES string of the molecule is COc1ccccc1CNC(=O)CSc1nc2nc(C)c(Cc3c(F)cccc3Cl)c(C)n2n1. The summed E-state index contributed by atoms with van der Waals surface area (Å²) in [7, 11) is 1.60. The van der Waals surface area contributed by atoms with Crippen molar-refractivity contribution in [2.45, 2.75) is 32.0 Å². The van der Waals surface area contributed by atoms with Gasteiger partial charge in [0.25, 0.3) is 5.78 Å². The van der Waals surface area contributed by atoms with Gasteiger partial charge in [-0.3, -0.25) is 4.79 Å². The summed E-state index contributed by atoms with van der Waals surface area (Å²) in [5, 5.41) is 8.18. The molecule has 0 aliphatic rings. The lowest BCUT2D eigenvalue weighted by Gasteiger charge is -2.12. The van der Waals surface area contributed by atoms with Gasteiger partial charge in [0.15, 0.2) is 0 Å². The Kier molecular flexibility index (Phi) is 7.33. The number of nitrogens with one attached hydrogen (secondary N) is 1. The van der Waals surface area contributed by atoms with Gasteiger partial charge < -0.3 is 10.1 Å². The summed E-state index contributed by atoms with van der Waals surface area (Å²) in [6, 6.07) is 12.2. The van der Waals surface area contributed by atoms with Crippen LogP contribution in [0.2, 0.25) is 5.02 Å². The maximum atomic E-state index is 14.3. The third-order valence-electron chi connectivity index (χ3n) is 5.45. The molecule has 0 aliphatic heterocycles. The first-order valence-corrected chi connectivity index (χ1v) is 11.9. The van der Waals surface area contributed by atoms with Gasteiger partial charge in [-0.25, -0.2) is 13.9 Å². The summed E-state index contributed by atoms with van der Waals surface area (Å²) < 4.78 is 21.2. The Labute approximate surface area is 205 Å². The zero-order chi connectivity index (χ0) is 24.2. The number of carbonyl (C=O) groups excluding carboxylic acids is 1. The molecule has 0 atom stereocenters. The minimum atomic E-state index is -0.361. The zero-order valence-electron chi connectivity index (χ0n) is 18.9. The molecule has 2 aromatic heterocycles. The van der Waals surface area contributed by atoms with Crippen molar-refractivity contribution in [2.24, 2.45) is 0 Å². The molecule has 0 spiro atoms. The number of carbonyl (C=O) groups is 1.